The number of hydrogen-bond donors (Lipinski definition) is 2. The summed E-state index contributed by atoms with van der Waals surface area (Å²) in [4.78, 5) is 15.7. The Labute approximate surface area is 185 Å². The standard InChI is InChI=1S/C27H31NO3/c1-3-5-6-7-8-9-10-16-24(17-12-11-15-23(29)4-2)31-27(30)20-22-21-28-26-19-14-13-18-25(22)26/h4,10,13-14,16,18-19,21,23-24,28-29H,2-3,5-9,20H2,1H3. The zero-order valence-electron chi connectivity index (χ0n) is 18.2. The zero-order valence-corrected chi connectivity index (χ0v) is 18.2. The number of aromatic nitrogens is 1. The first-order valence-corrected chi connectivity index (χ1v) is 10.9. The SMILES string of the molecule is C=CC(O)C#CC#CC(C=CCCCCCCC)OC(=O)Cc1c[nH]c2ccccc12. The lowest BCUT2D eigenvalue weighted by Gasteiger charge is -2.08. The molecule has 0 amide bonds. The molecule has 1 heterocycles. The predicted octanol–water partition coefficient (Wildman–Crippen LogP) is 5.09. The topological polar surface area (TPSA) is 62.3 Å². The number of benzene rings is 1. The number of carbonyl (C=O) groups excluding carboxylic acids is 1. The lowest BCUT2D eigenvalue weighted by atomic mass is 10.1. The van der Waals surface area contributed by atoms with E-state index in [2.05, 4.69) is 42.2 Å². The summed E-state index contributed by atoms with van der Waals surface area (Å²) in [7, 11) is 0. The molecule has 0 aliphatic heterocycles. The first-order valence-electron chi connectivity index (χ1n) is 10.9. The monoisotopic (exact) mass is 417 g/mol. The number of fused-ring (bicyclic) bond motifs is 1. The third-order valence-corrected chi connectivity index (χ3v) is 4.77. The van der Waals surface area contributed by atoms with Gasteiger partial charge in [0, 0.05) is 17.1 Å². The Morgan fingerprint density at radius 2 is 1.97 bits per heavy atom. The van der Waals surface area contributed by atoms with Gasteiger partial charge >= 0.3 is 5.97 Å². The Balaban J connectivity index is 1.98. The normalized spacial score (nSPS) is 12.5. The fraction of sp³-hybridized carbons (Fsp3) is 0.370. The van der Waals surface area contributed by atoms with Crippen molar-refractivity contribution in [3.8, 4) is 23.7 Å². The molecule has 0 saturated carbocycles. The maximum Gasteiger partial charge on any atom is 0.311 e. The van der Waals surface area contributed by atoms with Crippen molar-refractivity contribution in [3.05, 3.63) is 60.8 Å². The van der Waals surface area contributed by atoms with Crippen molar-refractivity contribution in [2.24, 2.45) is 0 Å². The number of rotatable bonds is 11. The van der Waals surface area contributed by atoms with Crippen LogP contribution in [0.25, 0.3) is 10.9 Å². The van der Waals surface area contributed by atoms with Gasteiger partial charge in [0.05, 0.1) is 6.42 Å². The molecule has 0 bridgehead atoms. The van der Waals surface area contributed by atoms with Gasteiger partial charge in [0.25, 0.3) is 0 Å². The summed E-state index contributed by atoms with van der Waals surface area (Å²) in [5.41, 5.74) is 1.88. The minimum Gasteiger partial charge on any atom is -0.445 e. The van der Waals surface area contributed by atoms with E-state index in [-0.39, 0.29) is 12.4 Å². The quantitative estimate of drug-likeness (QED) is 0.232. The minimum absolute atomic E-state index is 0.161. The second-order valence-electron chi connectivity index (χ2n) is 7.30. The second kappa shape index (κ2) is 13.9. The van der Waals surface area contributed by atoms with E-state index in [1.54, 1.807) is 0 Å². The molecule has 4 nitrogen and oxygen atoms in total. The van der Waals surface area contributed by atoms with Crippen LogP contribution in [0.15, 0.2) is 55.3 Å². The number of nitrogens with one attached hydrogen (secondary N) is 1. The minimum atomic E-state index is -0.921. The van der Waals surface area contributed by atoms with Crippen LogP contribution in [0.4, 0.5) is 0 Å². The van der Waals surface area contributed by atoms with Crippen molar-refractivity contribution in [2.75, 3.05) is 0 Å². The molecule has 0 aliphatic rings. The molecule has 1 aromatic heterocycles. The van der Waals surface area contributed by atoms with Crippen molar-refractivity contribution >= 4 is 16.9 Å². The van der Waals surface area contributed by atoms with Gasteiger partial charge in [-0.15, -0.1) is 0 Å². The first kappa shape index (κ1) is 24.1. The molecule has 2 atom stereocenters. The number of aliphatic hydroxyl groups is 1. The number of hydrogen-bond acceptors (Lipinski definition) is 3. The number of aliphatic hydroxyl groups excluding tert-OH is 1. The number of aromatic amines is 1. The van der Waals surface area contributed by atoms with Crippen LogP contribution in [0.2, 0.25) is 0 Å². The number of allylic oxidation sites excluding steroid dienone is 1. The van der Waals surface area contributed by atoms with E-state index in [0.717, 1.165) is 29.3 Å². The van der Waals surface area contributed by atoms with E-state index >= 15 is 0 Å². The van der Waals surface area contributed by atoms with E-state index < -0.39 is 12.2 Å². The molecular formula is C27H31NO3. The molecule has 2 N–H and O–H groups in total. The van der Waals surface area contributed by atoms with Crippen LogP contribution < -0.4 is 0 Å². The van der Waals surface area contributed by atoms with Crippen molar-refractivity contribution in [1.82, 2.24) is 4.98 Å². The molecular weight excluding hydrogens is 386 g/mol. The largest absolute Gasteiger partial charge is 0.445 e. The highest BCUT2D eigenvalue weighted by Gasteiger charge is 2.13. The van der Waals surface area contributed by atoms with Gasteiger partial charge in [0.2, 0.25) is 0 Å². The number of carbonyl (C=O) groups is 1. The highest BCUT2D eigenvalue weighted by atomic mass is 16.5. The van der Waals surface area contributed by atoms with Gasteiger partial charge in [-0.3, -0.25) is 4.79 Å². The van der Waals surface area contributed by atoms with Crippen molar-refractivity contribution in [1.29, 1.82) is 0 Å². The summed E-state index contributed by atoms with van der Waals surface area (Å²) >= 11 is 0. The van der Waals surface area contributed by atoms with Crippen LogP contribution in [0.5, 0.6) is 0 Å². The van der Waals surface area contributed by atoms with E-state index in [9.17, 15) is 9.90 Å². The highest BCUT2D eigenvalue weighted by Crippen LogP contribution is 2.18. The zero-order chi connectivity index (χ0) is 22.3. The summed E-state index contributed by atoms with van der Waals surface area (Å²) < 4.78 is 5.59. The van der Waals surface area contributed by atoms with Crippen molar-refractivity contribution in [2.45, 2.75) is 64.1 Å². The maximum atomic E-state index is 12.5. The Kier molecular flexibility index (Phi) is 10.8. The molecule has 2 aromatic rings. The van der Waals surface area contributed by atoms with Crippen LogP contribution in [-0.4, -0.2) is 28.3 Å². The summed E-state index contributed by atoms with van der Waals surface area (Å²) in [5.74, 6) is 10.3. The van der Waals surface area contributed by atoms with Gasteiger partial charge in [-0.25, -0.2) is 0 Å². The summed E-state index contributed by atoms with van der Waals surface area (Å²) in [6, 6.07) is 7.84. The number of para-hydroxylation sites is 1. The Morgan fingerprint density at radius 1 is 1.19 bits per heavy atom. The molecule has 2 rings (SSSR count). The Morgan fingerprint density at radius 3 is 2.77 bits per heavy atom. The molecule has 162 valence electrons. The van der Waals surface area contributed by atoms with Gasteiger partial charge in [0.15, 0.2) is 6.10 Å². The molecule has 0 saturated heterocycles. The van der Waals surface area contributed by atoms with E-state index in [0.29, 0.717) is 0 Å². The summed E-state index contributed by atoms with van der Waals surface area (Å²) in [6.07, 6.45) is 12.5. The van der Waals surface area contributed by atoms with Gasteiger partial charge in [-0.1, -0.05) is 75.5 Å². The molecule has 1 aromatic carbocycles. The van der Waals surface area contributed by atoms with Gasteiger partial charge in [0.1, 0.15) is 6.10 Å². The van der Waals surface area contributed by atoms with Gasteiger partial charge in [-0.05, 0) is 48.3 Å². The smallest absolute Gasteiger partial charge is 0.311 e. The molecule has 4 heteroatoms. The summed E-state index contributed by atoms with van der Waals surface area (Å²) in [6.45, 7) is 5.66. The third kappa shape index (κ3) is 8.99. The van der Waals surface area contributed by atoms with Gasteiger partial charge < -0.3 is 14.8 Å². The van der Waals surface area contributed by atoms with E-state index in [1.807, 2.05) is 42.6 Å². The average molecular weight is 418 g/mol. The maximum absolute atomic E-state index is 12.5. The first-order chi connectivity index (χ1) is 15.1. The van der Waals surface area contributed by atoms with Crippen LogP contribution in [0.1, 0.15) is 51.0 Å². The van der Waals surface area contributed by atoms with Gasteiger partial charge in [-0.2, -0.15) is 0 Å². The molecule has 0 aliphatic carbocycles. The second-order valence-corrected chi connectivity index (χ2v) is 7.30. The summed E-state index contributed by atoms with van der Waals surface area (Å²) in [5, 5.41) is 10.4. The Hall–Kier alpha value is -3.21. The number of H-pyrrole nitrogens is 1. The van der Waals surface area contributed by atoms with Crippen molar-refractivity contribution in [3.63, 3.8) is 0 Å². The Bertz CT molecular complexity index is 994. The lowest BCUT2D eigenvalue weighted by Crippen LogP contribution is -2.16. The molecule has 2 unspecified atom stereocenters. The van der Waals surface area contributed by atoms with Crippen LogP contribution in [0, 0.1) is 23.7 Å². The highest BCUT2D eigenvalue weighted by molar-refractivity contribution is 5.87. The van der Waals surface area contributed by atoms with Crippen LogP contribution >= 0.6 is 0 Å². The fourth-order valence-corrected chi connectivity index (χ4v) is 3.10. The number of unbranched alkanes of at least 4 members (excludes halogenated alkanes) is 5. The van der Waals surface area contributed by atoms with Crippen molar-refractivity contribution < 1.29 is 14.6 Å². The van der Waals surface area contributed by atoms with E-state index in [1.165, 1.54) is 31.8 Å². The average Bonchev–Trinajstić information content (AvgIpc) is 3.18. The molecule has 0 fully saturated rings. The van der Waals surface area contributed by atoms with Crippen LogP contribution in [0.3, 0.4) is 0 Å². The van der Waals surface area contributed by atoms with E-state index in [4.69, 9.17) is 4.74 Å². The fourth-order valence-electron chi connectivity index (χ4n) is 3.10. The molecule has 31 heavy (non-hydrogen) atoms. The lowest BCUT2D eigenvalue weighted by molar-refractivity contribution is -0.143. The molecule has 0 spiro atoms. The van der Waals surface area contributed by atoms with Crippen LogP contribution in [-0.2, 0) is 16.0 Å². The molecule has 0 radical (unpaired) electrons. The number of esters is 1. The third-order valence-electron chi connectivity index (χ3n) is 4.77. The number of ether oxygens (including phenoxy) is 1. The predicted molar refractivity (Wildman–Crippen MR) is 126 cm³/mol.